The first-order valence-electron chi connectivity index (χ1n) is 17.2. The van der Waals surface area contributed by atoms with Gasteiger partial charge in [0.25, 0.3) is 11.8 Å². The molecule has 0 fully saturated rings. The molecule has 0 saturated heterocycles. The van der Waals surface area contributed by atoms with Crippen LogP contribution < -0.4 is 25.4 Å². The number of aryl methyl sites for hydroxylation is 1. The quantitative estimate of drug-likeness (QED) is 0.0712. The molecule has 5 rings (SSSR count). The number of thioether (sulfide) groups is 1. The Labute approximate surface area is 312 Å². The lowest BCUT2D eigenvalue weighted by Crippen LogP contribution is -2.30. The summed E-state index contributed by atoms with van der Waals surface area (Å²) in [6.07, 6.45) is 7.52. The highest BCUT2D eigenvalue weighted by molar-refractivity contribution is 8.00. The Balaban J connectivity index is 1.33. The van der Waals surface area contributed by atoms with Crippen LogP contribution in [-0.2, 0) is 27.2 Å². The lowest BCUT2D eigenvalue weighted by Gasteiger charge is -2.15. The van der Waals surface area contributed by atoms with Crippen LogP contribution in [0.25, 0.3) is 6.08 Å². The third kappa shape index (κ3) is 9.83. The van der Waals surface area contributed by atoms with E-state index in [-0.39, 0.29) is 18.2 Å². The van der Waals surface area contributed by atoms with Crippen molar-refractivity contribution in [2.24, 2.45) is 0 Å². The Bertz CT molecular complexity index is 1940. The number of anilines is 2. The van der Waals surface area contributed by atoms with Crippen LogP contribution in [0.2, 0.25) is 0 Å². The SMILES string of the molecule is CCOC(=O)c1c(NC(=O)C(C)Sc2cccc(NC(=O)/C(=C\c3ccc(OC)cc3OC)NC(=O)c3ccccc3)c2)sc2c1CCCCCC2. The molecule has 1 unspecified atom stereocenters. The van der Waals surface area contributed by atoms with Crippen LogP contribution in [0.4, 0.5) is 10.7 Å². The molecule has 12 heteroatoms. The van der Waals surface area contributed by atoms with Gasteiger partial charge < -0.3 is 30.2 Å². The van der Waals surface area contributed by atoms with Crippen molar-refractivity contribution in [1.29, 1.82) is 0 Å². The number of rotatable bonds is 13. The smallest absolute Gasteiger partial charge is 0.341 e. The number of esters is 1. The van der Waals surface area contributed by atoms with E-state index in [1.165, 1.54) is 36.3 Å². The van der Waals surface area contributed by atoms with Gasteiger partial charge in [-0.05, 0) is 93.6 Å². The van der Waals surface area contributed by atoms with Gasteiger partial charge in [0, 0.05) is 32.7 Å². The second kappa shape index (κ2) is 18.4. The van der Waals surface area contributed by atoms with E-state index in [4.69, 9.17) is 14.2 Å². The van der Waals surface area contributed by atoms with Crippen LogP contribution in [0, 0.1) is 0 Å². The Morgan fingerprint density at radius 1 is 0.885 bits per heavy atom. The molecule has 1 aliphatic rings. The molecule has 1 heterocycles. The number of benzene rings is 3. The molecule has 1 aliphatic carbocycles. The van der Waals surface area contributed by atoms with Crippen molar-refractivity contribution in [2.45, 2.75) is 62.5 Å². The summed E-state index contributed by atoms with van der Waals surface area (Å²) in [6, 6.07) is 20.9. The molecule has 0 aliphatic heterocycles. The van der Waals surface area contributed by atoms with Gasteiger partial charge in [0.15, 0.2) is 0 Å². The standard InChI is InChI=1S/C40H43N3O7S2/c1-5-50-40(47)35-31-18-11-6-7-12-19-34(31)52-39(35)43-36(44)25(2)51-30-17-13-16-28(23-30)41-38(46)32(42-37(45)26-14-9-8-10-15-26)22-27-20-21-29(48-3)24-33(27)49-4/h8-10,13-17,20-25H,5-7,11-12,18-19H2,1-4H3,(H,41,46)(H,42,45)(H,43,44)/b32-22+. The summed E-state index contributed by atoms with van der Waals surface area (Å²) in [5.41, 5.74) is 2.87. The van der Waals surface area contributed by atoms with Crippen LogP contribution in [0.15, 0.2) is 83.4 Å². The molecule has 3 amide bonds. The average molecular weight is 742 g/mol. The van der Waals surface area contributed by atoms with E-state index >= 15 is 0 Å². The molecule has 0 bridgehead atoms. The zero-order valence-electron chi connectivity index (χ0n) is 29.7. The molecule has 4 aromatic rings. The van der Waals surface area contributed by atoms with Gasteiger partial charge in [-0.25, -0.2) is 4.79 Å². The number of methoxy groups -OCH3 is 2. The number of thiophene rings is 1. The van der Waals surface area contributed by atoms with Crippen LogP contribution in [0.5, 0.6) is 11.5 Å². The maximum atomic E-state index is 13.7. The summed E-state index contributed by atoms with van der Waals surface area (Å²) in [6.45, 7) is 3.82. The van der Waals surface area contributed by atoms with Gasteiger partial charge in [0.1, 0.15) is 22.2 Å². The highest BCUT2D eigenvalue weighted by Crippen LogP contribution is 2.38. The minimum absolute atomic E-state index is 0.00873. The summed E-state index contributed by atoms with van der Waals surface area (Å²) in [5.74, 6) is -0.644. The van der Waals surface area contributed by atoms with E-state index in [0.29, 0.717) is 38.9 Å². The second-order valence-corrected chi connectivity index (χ2v) is 14.6. The summed E-state index contributed by atoms with van der Waals surface area (Å²) in [7, 11) is 3.05. The topological polar surface area (TPSA) is 132 Å². The number of hydrogen-bond donors (Lipinski definition) is 3. The van der Waals surface area contributed by atoms with Crippen LogP contribution in [0.3, 0.4) is 0 Å². The van der Waals surface area contributed by atoms with Gasteiger partial charge in [0.05, 0.1) is 31.6 Å². The van der Waals surface area contributed by atoms with Crippen LogP contribution in [-0.4, -0.2) is 49.8 Å². The average Bonchev–Trinajstić information content (AvgIpc) is 3.46. The molecule has 0 spiro atoms. The zero-order chi connectivity index (χ0) is 37.0. The van der Waals surface area contributed by atoms with Gasteiger partial charge in [-0.1, -0.05) is 37.1 Å². The molecule has 1 atom stereocenters. The van der Waals surface area contributed by atoms with Crippen molar-refractivity contribution in [1.82, 2.24) is 5.32 Å². The Morgan fingerprint density at radius 3 is 2.38 bits per heavy atom. The lowest BCUT2D eigenvalue weighted by molar-refractivity contribution is -0.115. The Kier molecular flexibility index (Phi) is 13.5. The molecule has 10 nitrogen and oxygen atoms in total. The highest BCUT2D eigenvalue weighted by Gasteiger charge is 2.27. The van der Waals surface area contributed by atoms with E-state index in [1.54, 1.807) is 87.7 Å². The van der Waals surface area contributed by atoms with Crippen molar-refractivity contribution < 1.29 is 33.4 Å². The fourth-order valence-corrected chi connectivity index (χ4v) is 7.99. The first kappa shape index (κ1) is 38.2. The van der Waals surface area contributed by atoms with Crippen molar-refractivity contribution in [3.8, 4) is 11.5 Å². The van der Waals surface area contributed by atoms with E-state index in [9.17, 15) is 19.2 Å². The lowest BCUT2D eigenvalue weighted by atomic mass is 9.96. The molecule has 1 aromatic heterocycles. The summed E-state index contributed by atoms with van der Waals surface area (Å²) in [5, 5.41) is 8.65. The van der Waals surface area contributed by atoms with E-state index in [0.717, 1.165) is 53.9 Å². The molecular formula is C40H43N3O7S2. The fraction of sp³-hybridized carbons (Fsp3) is 0.300. The number of amides is 3. The molecular weight excluding hydrogens is 699 g/mol. The third-order valence-corrected chi connectivity index (χ3v) is 10.7. The number of carbonyl (C=O) groups is 4. The van der Waals surface area contributed by atoms with Crippen molar-refractivity contribution in [2.75, 3.05) is 31.5 Å². The third-order valence-electron chi connectivity index (χ3n) is 8.43. The Morgan fingerprint density at radius 2 is 1.65 bits per heavy atom. The maximum absolute atomic E-state index is 13.7. The van der Waals surface area contributed by atoms with Gasteiger partial charge >= 0.3 is 5.97 Å². The molecule has 3 N–H and O–H groups in total. The maximum Gasteiger partial charge on any atom is 0.341 e. The number of fused-ring (bicyclic) bond motifs is 1. The first-order valence-corrected chi connectivity index (χ1v) is 18.9. The van der Waals surface area contributed by atoms with E-state index in [1.807, 2.05) is 6.07 Å². The minimum atomic E-state index is -0.560. The summed E-state index contributed by atoms with van der Waals surface area (Å²) in [4.78, 5) is 55.4. The fourth-order valence-electron chi connectivity index (χ4n) is 5.78. The van der Waals surface area contributed by atoms with Gasteiger partial charge in [-0.2, -0.15) is 0 Å². The largest absolute Gasteiger partial charge is 0.497 e. The molecule has 3 aromatic carbocycles. The zero-order valence-corrected chi connectivity index (χ0v) is 31.3. The predicted molar refractivity (Wildman–Crippen MR) is 207 cm³/mol. The number of carbonyl (C=O) groups excluding carboxylic acids is 4. The van der Waals surface area contributed by atoms with Gasteiger partial charge in [0.2, 0.25) is 5.91 Å². The molecule has 272 valence electrons. The molecule has 0 saturated carbocycles. The van der Waals surface area contributed by atoms with Crippen molar-refractivity contribution >= 4 is 63.6 Å². The monoisotopic (exact) mass is 741 g/mol. The van der Waals surface area contributed by atoms with E-state index in [2.05, 4.69) is 16.0 Å². The van der Waals surface area contributed by atoms with E-state index < -0.39 is 23.0 Å². The first-order chi connectivity index (χ1) is 25.2. The second-order valence-electron chi connectivity index (χ2n) is 12.1. The predicted octanol–water partition coefficient (Wildman–Crippen LogP) is 8.13. The highest BCUT2D eigenvalue weighted by atomic mass is 32.2. The summed E-state index contributed by atoms with van der Waals surface area (Å²) < 4.78 is 16.2. The number of nitrogens with one attached hydrogen (secondary N) is 3. The van der Waals surface area contributed by atoms with Crippen molar-refractivity contribution in [3.05, 3.63) is 106 Å². The van der Waals surface area contributed by atoms with Crippen molar-refractivity contribution in [3.63, 3.8) is 0 Å². The number of ether oxygens (including phenoxy) is 3. The molecule has 52 heavy (non-hydrogen) atoms. The summed E-state index contributed by atoms with van der Waals surface area (Å²) >= 11 is 2.79. The van der Waals surface area contributed by atoms with Gasteiger partial charge in [-0.15, -0.1) is 23.1 Å². The number of hydrogen-bond acceptors (Lipinski definition) is 9. The van der Waals surface area contributed by atoms with Gasteiger partial charge in [-0.3, -0.25) is 14.4 Å². The Hall–Kier alpha value is -5.07. The van der Waals surface area contributed by atoms with Crippen LogP contribution >= 0.6 is 23.1 Å². The molecule has 0 radical (unpaired) electrons. The minimum Gasteiger partial charge on any atom is -0.497 e. The van der Waals surface area contributed by atoms with Crippen LogP contribution in [0.1, 0.15) is 76.3 Å². The normalized spacial score (nSPS) is 13.4.